The minimum Gasteiger partial charge on any atom is -0.462 e. The summed E-state index contributed by atoms with van der Waals surface area (Å²) in [6.45, 7) is 2.56. The molecule has 0 saturated heterocycles. The molecular formula is C20H22N2O4S. The van der Waals surface area contributed by atoms with Crippen molar-refractivity contribution < 1.29 is 9.53 Å². The van der Waals surface area contributed by atoms with Crippen molar-refractivity contribution in [1.82, 2.24) is 9.13 Å². The van der Waals surface area contributed by atoms with Gasteiger partial charge in [-0.3, -0.25) is 13.9 Å². The van der Waals surface area contributed by atoms with Crippen LogP contribution < -0.4 is 11.2 Å². The van der Waals surface area contributed by atoms with Crippen LogP contribution >= 0.6 is 11.3 Å². The van der Waals surface area contributed by atoms with Crippen LogP contribution in [0.1, 0.15) is 42.1 Å². The number of ether oxygens (including phenoxy) is 1. The molecule has 0 radical (unpaired) electrons. The Kier molecular flexibility index (Phi) is 5.91. The molecule has 3 aromatic rings. The summed E-state index contributed by atoms with van der Waals surface area (Å²) >= 11 is 1.20. The van der Waals surface area contributed by atoms with Gasteiger partial charge >= 0.3 is 11.7 Å². The first kappa shape index (κ1) is 19.1. The topological polar surface area (TPSA) is 70.3 Å². The molecular weight excluding hydrogens is 364 g/mol. The number of carbonyl (C=O) groups excluding carboxylic acids is 1. The molecule has 2 aromatic heterocycles. The van der Waals surface area contributed by atoms with Crippen LogP contribution in [0.25, 0.3) is 10.2 Å². The van der Waals surface area contributed by atoms with Crippen LogP contribution in [0.2, 0.25) is 0 Å². The van der Waals surface area contributed by atoms with E-state index in [0.717, 1.165) is 29.4 Å². The second-order valence-electron chi connectivity index (χ2n) is 6.39. The monoisotopic (exact) mass is 386 g/mol. The number of esters is 1. The van der Waals surface area contributed by atoms with E-state index in [1.54, 1.807) is 12.4 Å². The Hall–Kier alpha value is -2.67. The molecule has 142 valence electrons. The minimum atomic E-state index is -0.514. The van der Waals surface area contributed by atoms with E-state index in [9.17, 15) is 14.4 Å². The van der Waals surface area contributed by atoms with Crippen molar-refractivity contribution in [3.05, 3.63) is 67.7 Å². The third-order valence-corrected chi connectivity index (χ3v) is 5.49. The highest BCUT2D eigenvalue weighted by molar-refractivity contribution is 7.17. The Bertz CT molecular complexity index is 1060. The number of benzene rings is 1. The highest BCUT2D eigenvalue weighted by Crippen LogP contribution is 2.22. The SMILES string of the molecule is CCCCCOC(=O)c1csc2c1c(=O)n(Cc1ccccc1)c(=O)n2C. The first-order valence-electron chi connectivity index (χ1n) is 8.96. The number of aryl methyl sites for hydroxylation is 1. The number of nitrogens with zero attached hydrogens (tertiary/aromatic N) is 2. The molecule has 0 aliphatic carbocycles. The summed E-state index contributed by atoms with van der Waals surface area (Å²) in [7, 11) is 1.61. The van der Waals surface area contributed by atoms with Gasteiger partial charge in [0.1, 0.15) is 4.83 Å². The smallest absolute Gasteiger partial charge is 0.339 e. The van der Waals surface area contributed by atoms with E-state index in [1.165, 1.54) is 15.9 Å². The Morgan fingerprint density at radius 1 is 1.15 bits per heavy atom. The van der Waals surface area contributed by atoms with Gasteiger partial charge in [-0.15, -0.1) is 11.3 Å². The molecule has 0 N–H and O–H groups in total. The lowest BCUT2D eigenvalue weighted by atomic mass is 10.2. The molecule has 0 bridgehead atoms. The third kappa shape index (κ3) is 3.88. The van der Waals surface area contributed by atoms with Gasteiger partial charge in [0.05, 0.1) is 24.1 Å². The zero-order chi connectivity index (χ0) is 19.4. The van der Waals surface area contributed by atoms with Crippen molar-refractivity contribution in [2.75, 3.05) is 6.61 Å². The molecule has 2 heterocycles. The van der Waals surface area contributed by atoms with Crippen molar-refractivity contribution in [3.63, 3.8) is 0 Å². The summed E-state index contributed by atoms with van der Waals surface area (Å²) in [5, 5.41) is 1.85. The molecule has 0 unspecified atom stereocenters. The maximum absolute atomic E-state index is 13.0. The first-order valence-corrected chi connectivity index (χ1v) is 9.84. The van der Waals surface area contributed by atoms with E-state index in [0.29, 0.717) is 11.4 Å². The van der Waals surface area contributed by atoms with E-state index < -0.39 is 17.2 Å². The molecule has 0 atom stereocenters. The fourth-order valence-electron chi connectivity index (χ4n) is 2.94. The number of thiophene rings is 1. The number of fused-ring (bicyclic) bond motifs is 1. The van der Waals surface area contributed by atoms with Crippen LogP contribution in [0.15, 0.2) is 45.3 Å². The van der Waals surface area contributed by atoms with Crippen molar-refractivity contribution in [3.8, 4) is 0 Å². The second kappa shape index (κ2) is 8.35. The summed E-state index contributed by atoms with van der Waals surface area (Å²) in [6.07, 6.45) is 2.81. The number of rotatable bonds is 7. The summed E-state index contributed by atoms with van der Waals surface area (Å²) in [5.41, 5.74) is 0.212. The predicted molar refractivity (Wildman–Crippen MR) is 107 cm³/mol. The highest BCUT2D eigenvalue weighted by atomic mass is 32.1. The lowest BCUT2D eigenvalue weighted by molar-refractivity contribution is 0.0501. The van der Waals surface area contributed by atoms with Crippen molar-refractivity contribution in [2.45, 2.75) is 32.7 Å². The Labute approximate surface area is 160 Å². The van der Waals surface area contributed by atoms with Crippen LogP contribution in [0.3, 0.4) is 0 Å². The fraction of sp³-hybridized carbons (Fsp3) is 0.350. The van der Waals surface area contributed by atoms with Crippen LogP contribution in [-0.4, -0.2) is 21.7 Å². The molecule has 7 heteroatoms. The largest absolute Gasteiger partial charge is 0.462 e. The average molecular weight is 386 g/mol. The van der Waals surface area contributed by atoms with Gasteiger partial charge in [0.15, 0.2) is 0 Å². The number of unbranched alkanes of at least 4 members (excludes halogenated alkanes) is 2. The van der Waals surface area contributed by atoms with Crippen molar-refractivity contribution in [1.29, 1.82) is 0 Å². The minimum absolute atomic E-state index is 0.156. The van der Waals surface area contributed by atoms with E-state index in [1.807, 2.05) is 30.3 Å². The molecule has 0 amide bonds. The number of hydrogen-bond acceptors (Lipinski definition) is 5. The molecule has 0 saturated carbocycles. The lowest BCUT2D eigenvalue weighted by Crippen LogP contribution is -2.39. The van der Waals surface area contributed by atoms with Gasteiger partial charge in [-0.05, 0) is 12.0 Å². The summed E-state index contributed by atoms with van der Waals surface area (Å²) in [5.74, 6) is -0.514. The zero-order valence-electron chi connectivity index (χ0n) is 15.4. The molecule has 0 aliphatic rings. The number of hydrogen-bond donors (Lipinski definition) is 0. The van der Waals surface area contributed by atoms with E-state index in [4.69, 9.17) is 4.74 Å². The zero-order valence-corrected chi connectivity index (χ0v) is 16.3. The standard InChI is InChI=1S/C20H22N2O4S/c1-3-4-8-11-26-19(24)15-13-27-18-16(15)17(23)22(20(25)21(18)2)12-14-9-6-5-7-10-14/h5-7,9-10,13H,3-4,8,11-12H2,1-2H3. The van der Waals surface area contributed by atoms with Gasteiger partial charge in [0.2, 0.25) is 0 Å². The normalized spacial score (nSPS) is 11.0. The van der Waals surface area contributed by atoms with E-state index in [-0.39, 0.29) is 17.5 Å². The van der Waals surface area contributed by atoms with Crippen molar-refractivity contribution >= 4 is 27.5 Å². The predicted octanol–water partition coefficient (Wildman–Crippen LogP) is 3.16. The Morgan fingerprint density at radius 2 is 1.89 bits per heavy atom. The third-order valence-electron chi connectivity index (χ3n) is 4.44. The van der Waals surface area contributed by atoms with Gasteiger partial charge in [-0.2, -0.15) is 0 Å². The first-order chi connectivity index (χ1) is 13.0. The quantitative estimate of drug-likeness (QED) is 0.462. The summed E-state index contributed by atoms with van der Waals surface area (Å²) in [4.78, 5) is 38.6. The summed E-state index contributed by atoms with van der Waals surface area (Å²) < 4.78 is 7.89. The molecule has 0 fully saturated rings. The molecule has 27 heavy (non-hydrogen) atoms. The van der Waals surface area contributed by atoms with Crippen molar-refractivity contribution in [2.24, 2.45) is 7.05 Å². The van der Waals surface area contributed by atoms with Gasteiger partial charge < -0.3 is 4.74 Å². The second-order valence-corrected chi connectivity index (χ2v) is 7.25. The Morgan fingerprint density at radius 3 is 2.59 bits per heavy atom. The maximum Gasteiger partial charge on any atom is 0.339 e. The average Bonchev–Trinajstić information content (AvgIpc) is 3.13. The molecule has 0 spiro atoms. The maximum atomic E-state index is 13.0. The Balaban J connectivity index is 2.02. The van der Waals surface area contributed by atoms with E-state index in [2.05, 4.69) is 6.92 Å². The van der Waals surface area contributed by atoms with E-state index >= 15 is 0 Å². The van der Waals surface area contributed by atoms with Gasteiger partial charge in [-0.25, -0.2) is 9.59 Å². The fourth-order valence-corrected chi connectivity index (χ4v) is 3.94. The van der Waals surface area contributed by atoms with Gasteiger partial charge in [0.25, 0.3) is 5.56 Å². The molecule has 3 rings (SSSR count). The number of aromatic nitrogens is 2. The molecule has 0 aliphatic heterocycles. The lowest BCUT2D eigenvalue weighted by Gasteiger charge is -2.09. The van der Waals surface area contributed by atoms with Crippen LogP contribution in [-0.2, 0) is 18.3 Å². The van der Waals surface area contributed by atoms with Crippen LogP contribution in [0.4, 0.5) is 0 Å². The highest BCUT2D eigenvalue weighted by Gasteiger charge is 2.21. The van der Waals surface area contributed by atoms with Crippen LogP contribution in [0.5, 0.6) is 0 Å². The molecule has 1 aromatic carbocycles. The molecule has 6 nitrogen and oxygen atoms in total. The van der Waals surface area contributed by atoms with Gasteiger partial charge in [0, 0.05) is 12.4 Å². The summed E-state index contributed by atoms with van der Waals surface area (Å²) in [6, 6.07) is 9.29. The van der Waals surface area contributed by atoms with Gasteiger partial charge in [-0.1, -0.05) is 50.1 Å². The van der Waals surface area contributed by atoms with Crippen LogP contribution in [0, 0.1) is 0 Å². The number of carbonyl (C=O) groups is 1.